The Balaban J connectivity index is 2.72. The molecule has 0 unspecified atom stereocenters. The predicted molar refractivity (Wildman–Crippen MR) is 49.1 cm³/mol. The smallest absolute Gasteiger partial charge is 0.303 e. The van der Waals surface area contributed by atoms with Gasteiger partial charge in [0.05, 0.1) is 6.61 Å². The maximum absolute atomic E-state index is 10.8. The Labute approximate surface area is 91.9 Å². The first kappa shape index (κ1) is 12.9. The molecular formula is C9H14O7. The third-order valence-corrected chi connectivity index (χ3v) is 2.05. The van der Waals surface area contributed by atoms with Crippen molar-refractivity contribution in [3.63, 3.8) is 0 Å². The van der Waals surface area contributed by atoms with E-state index in [1.165, 1.54) is 6.92 Å². The summed E-state index contributed by atoms with van der Waals surface area (Å²) in [5.74, 6) is -1.23. The number of aliphatic hydroxyl groups is 2. The molecule has 16 heavy (non-hydrogen) atoms. The minimum atomic E-state index is -1.46. The van der Waals surface area contributed by atoms with Crippen molar-refractivity contribution in [2.75, 3.05) is 6.61 Å². The Kier molecular flexibility index (Phi) is 4.22. The molecule has 1 aliphatic rings. The third kappa shape index (κ3) is 3.16. The summed E-state index contributed by atoms with van der Waals surface area (Å²) in [7, 11) is 0. The summed E-state index contributed by atoms with van der Waals surface area (Å²) in [6.07, 6.45) is -4.94. The highest BCUT2D eigenvalue weighted by molar-refractivity contribution is 5.67. The molecule has 7 nitrogen and oxygen atoms in total. The zero-order valence-corrected chi connectivity index (χ0v) is 8.95. The second-order valence-corrected chi connectivity index (χ2v) is 3.44. The van der Waals surface area contributed by atoms with E-state index in [9.17, 15) is 19.8 Å². The Morgan fingerprint density at radius 1 is 1.19 bits per heavy atom. The number of ether oxygens (including phenoxy) is 3. The number of aliphatic hydroxyl groups excluding tert-OH is 2. The summed E-state index contributed by atoms with van der Waals surface area (Å²) in [5, 5.41) is 18.7. The summed E-state index contributed by atoms with van der Waals surface area (Å²) in [6.45, 7) is 2.19. The van der Waals surface area contributed by atoms with Crippen LogP contribution in [0.5, 0.6) is 0 Å². The van der Waals surface area contributed by atoms with Crippen molar-refractivity contribution in [2.45, 2.75) is 38.4 Å². The molecule has 1 fully saturated rings. The number of hydrogen-bond donors (Lipinski definition) is 2. The van der Waals surface area contributed by atoms with Gasteiger partial charge in [-0.3, -0.25) is 9.59 Å². The van der Waals surface area contributed by atoms with E-state index in [4.69, 9.17) is 14.2 Å². The quantitative estimate of drug-likeness (QED) is 0.564. The molecule has 0 aromatic heterocycles. The molecule has 7 heteroatoms. The van der Waals surface area contributed by atoms with Gasteiger partial charge in [0.15, 0.2) is 18.5 Å². The molecule has 1 heterocycles. The highest BCUT2D eigenvalue weighted by Crippen LogP contribution is 2.19. The predicted octanol–water partition coefficient (Wildman–Crippen LogP) is -1.44. The van der Waals surface area contributed by atoms with Crippen LogP contribution in [0.4, 0.5) is 0 Å². The van der Waals surface area contributed by atoms with Crippen molar-refractivity contribution in [1.82, 2.24) is 0 Å². The summed E-state index contributed by atoms with van der Waals surface area (Å²) in [4.78, 5) is 21.6. The molecule has 4 atom stereocenters. The van der Waals surface area contributed by atoms with Gasteiger partial charge in [-0.25, -0.2) is 0 Å². The molecule has 1 rings (SSSR count). The lowest BCUT2D eigenvalue weighted by Gasteiger charge is -2.36. The molecular weight excluding hydrogens is 220 g/mol. The third-order valence-electron chi connectivity index (χ3n) is 2.05. The maximum atomic E-state index is 10.8. The SMILES string of the molecule is CC(=O)O[C@H]1[C@@H](O)[C@H](O)OC[C@@H]1OC(C)=O. The number of carbonyl (C=O) groups excluding carboxylic acids is 2. The lowest BCUT2D eigenvalue weighted by atomic mass is 10.1. The van der Waals surface area contributed by atoms with E-state index in [-0.39, 0.29) is 6.61 Å². The van der Waals surface area contributed by atoms with Crippen molar-refractivity contribution >= 4 is 11.9 Å². The van der Waals surface area contributed by atoms with Crippen molar-refractivity contribution in [2.24, 2.45) is 0 Å². The lowest BCUT2D eigenvalue weighted by molar-refractivity contribution is -0.261. The van der Waals surface area contributed by atoms with Crippen molar-refractivity contribution in [1.29, 1.82) is 0 Å². The maximum Gasteiger partial charge on any atom is 0.303 e. The molecule has 0 spiro atoms. The Bertz CT molecular complexity index is 277. The van der Waals surface area contributed by atoms with Crippen LogP contribution in [0, 0.1) is 0 Å². The average Bonchev–Trinajstić information content (AvgIpc) is 2.16. The molecule has 0 aromatic carbocycles. The fourth-order valence-corrected chi connectivity index (χ4v) is 1.42. The van der Waals surface area contributed by atoms with Crippen LogP contribution >= 0.6 is 0 Å². The van der Waals surface area contributed by atoms with Gasteiger partial charge in [-0.1, -0.05) is 0 Å². The molecule has 0 aromatic rings. The van der Waals surface area contributed by atoms with Crippen LogP contribution in [0.2, 0.25) is 0 Å². The Morgan fingerprint density at radius 2 is 1.75 bits per heavy atom. The molecule has 0 aliphatic carbocycles. The number of esters is 2. The van der Waals surface area contributed by atoms with Crippen LogP contribution in [-0.2, 0) is 23.8 Å². The lowest BCUT2D eigenvalue weighted by Crippen LogP contribution is -2.55. The zero-order chi connectivity index (χ0) is 12.3. The zero-order valence-electron chi connectivity index (χ0n) is 8.95. The molecule has 92 valence electrons. The molecule has 2 N–H and O–H groups in total. The van der Waals surface area contributed by atoms with Crippen LogP contribution < -0.4 is 0 Å². The Morgan fingerprint density at radius 3 is 2.25 bits per heavy atom. The summed E-state index contributed by atoms with van der Waals surface area (Å²) in [5.41, 5.74) is 0. The van der Waals surface area contributed by atoms with Crippen LogP contribution in [0.1, 0.15) is 13.8 Å². The number of carbonyl (C=O) groups is 2. The van der Waals surface area contributed by atoms with E-state index in [2.05, 4.69) is 0 Å². The van der Waals surface area contributed by atoms with Crippen LogP contribution in [0.25, 0.3) is 0 Å². The first-order valence-electron chi connectivity index (χ1n) is 4.74. The van der Waals surface area contributed by atoms with E-state index in [0.29, 0.717) is 0 Å². The standard InChI is InChI=1S/C9H14O7/c1-4(10)15-6-3-14-9(13)7(12)8(6)16-5(2)11/h6-9,12-13H,3H2,1-2H3/t6-,7+,8+,9+/m0/s1. The van der Waals surface area contributed by atoms with E-state index < -0.39 is 36.5 Å². The molecule has 0 bridgehead atoms. The van der Waals surface area contributed by atoms with Gasteiger partial charge in [0, 0.05) is 13.8 Å². The molecule has 0 saturated carbocycles. The van der Waals surface area contributed by atoms with Crippen LogP contribution in [0.15, 0.2) is 0 Å². The molecule has 0 radical (unpaired) electrons. The van der Waals surface area contributed by atoms with E-state index in [1.54, 1.807) is 0 Å². The van der Waals surface area contributed by atoms with E-state index >= 15 is 0 Å². The average molecular weight is 234 g/mol. The second-order valence-electron chi connectivity index (χ2n) is 3.44. The summed E-state index contributed by atoms with van der Waals surface area (Å²) >= 11 is 0. The largest absolute Gasteiger partial charge is 0.456 e. The minimum Gasteiger partial charge on any atom is -0.456 e. The van der Waals surface area contributed by atoms with Gasteiger partial charge >= 0.3 is 11.9 Å². The number of rotatable bonds is 2. The van der Waals surface area contributed by atoms with E-state index in [0.717, 1.165) is 6.92 Å². The summed E-state index contributed by atoms with van der Waals surface area (Å²) < 4.78 is 14.3. The van der Waals surface area contributed by atoms with Gasteiger partial charge in [0.1, 0.15) is 6.10 Å². The Hall–Kier alpha value is -1.18. The minimum absolute atomic E-state index is 0.143. The first-order valence-corrected chi connectivity index (χ1v) is 4.74. The fourth-order valence-electron chi connectivity index (χ4n) is 1.42. The van der Waals surface area contributed by atoms with Crippen molar-refractivity contribution in [3.8, 4) is 0 Å². The summed E-state index contributed by atoms with van der Waals surface area (Å²) in [6, 6.07) is 0. The normalized spacial score (nSPS) is 34.2. The monoisotopic (exact) mass is 234 g/mol. The number of hydrogen-bond acceptors (Lipinski definition) is 7. The highest BCUT2D eigenvalue weighted by Gasteiger charge is 2.42. The van der Waals surface area contributed by atoms with Crippen LogP contribution in [0.3, 0.4) is 0 Å². The van der Waals surface area contributed by atoms with Gasteiger partial charge in [0.2, 0.25) is 0 Å². The molecule has 1 aliphatic heterocycles. The van der Waals surface area contributed by atoms with Gasteiger partial charge in [0.25, 0.3) is 0 Å². The van der Waals surface area contributed by atoms with Gasteiger partial charge in [-0.2, -0.15) is 0 Å². The second kappa shape index (κ2) is 5.24. The van der Waals surface area contributed by atoms with Gasteiger partial charge in [-0.15, -0.1) is 0 Å². The molecule has 1 saturated heterocycles. The fraction of sp³-hybridized carbons (Fsp3) is 0.778. The van der Waals surface area contributed by atoms with Crippen molar-refractivity contribution in [3.05, 3.63) is 0 Å². The van der Waals surface area contributed by atoms with Crippen LogP contribution in [-0.4, -0.2) is 53.4 Å². The molecule has 0 amide bonds. The van der Waals surface area contributed by atoms with E-state index in [1.807, 2.05) is 0 Å². The van der Waals surface area contributed by atoms with Gasteiger partial charge < -0.3 is 24.4 Å². The van der Waals surface area contributed by atoms with Gasteiger partial charge in [-0.05, 0) is 0 Å². The topological polar surface area (TPSA) is 102 Å². The highest BCUT2D eigenvalue weighted by atomic mass is 16.7. The first-order chi connectivity index (χ1) is 7.41. The van der Waals surface area contributed by atoms with Crippen molar-refractivity contribution < 1.29 is 34.0 Å².